The van der Waals surface area contributed by atoms with E-state index >= 15 is 0 Å². The van der Waals surface area contributed by atoms with Gasteiger partial charge < -0.3 is 4.74 Å². The SMILES string of the molecule is COc1ccc(CN2CCN(S(=O)(=O)c3ccc4ccccc4c3)CC2)cc1. The average Bonchev–Trinajstić information content (AvgIpc) is 2.74. The predicted octanol–water partition coefficient (Wildman–Crippen LogP) is 3.35. The van der Waals surface area contributed by atoms with Crippen LogP contribution in [0, 0.1) is 0 Å². The third-order valence-corrected chi connectivity index (χ3v) is 7.15. The van der Waals surface area contributed by atoms with Crippen molar-refractivity contribution in [2.45, 2.75) is 11.4 Å². The average molecular weight is 397 g/mol. The lowest BCUT2D eigenvalue weighted by atomic mass is 10.1. The van der Waals surface area contributed by atoms with Gasteiger partial charge in [-0.2, -0.15) is 4.31 Å². The second-order valence-corrected chi connectivity index (χ2v) is 8.98. The molecule has 0 spiro atoms. The maximum absolute atomic E-state index is 13.1. The van der Waals surface area contributed by atoms with Gasteiger partial charge in [-0.15, -0.1) is 0 Å². The fourth-order valence-electron chi connectivity index (χ4n) is 3.59. The molecule has 4 rings (SSSR count). The molecule has 3 aromatic rings. The molecule has 0 N–H and O–H groups in total. The van der Waals surface area contributed by atoms with E-state index in [0.29, 0.717) is 18.0 Å². The standard InChI is InChI=1S/C22H24N2O3S/c1-27-21-9-6-18(7-10-21)17-23-12-14-24(15-13-23)28(25,26)22-11-8-19-4-2-3-5-20(19)16-22/h2-11,16H,12-15,17H2,1H3. The molecule has 0 saturated carbocycles. The molecule has 6 heteroatoms. The Hall–Kier alpha value is -2.41. The Labute approximate surface area is 166 Å². The highest BCUT2D eigenvalue weighted by Gasteiger charge is 2.28. The van der Waals surface area contributed by atoms with E-state index < -0.39 is 10.0 Å². The largest absolute Gasteiger partial charge is 0.497 e. The number of hydrogen-bond donors (Lipinski definition) is 0. The maximum Gasteiger partial charge on any atom is 0.243 e. The first-order chi connectivity index (χ1) is 13.6. The van der Waals surface area contributed by atoms with Gasteiger partial charge in [0.25, 0.3) is 0 Å². The van der Waals surface area contributed by atoms with E-state index in [4.69, 9.17) is 4.74 Å². The van der Waals surface area contributed by atoms with Gasteiger partial charge in [0, 0.05) is 32.7 Å². The summed E-state index contributed by atoms with van der Waals surface area (Å²) in [7, 11) is -1.81. The van der Waals surface area contributed by atoms with Crippen LogP contribution in [0.3, 0.4) is 0 Å². The van der Waals surface area contributed by atoms with E-state index in [-0.39, 0.29) is 0 Å². The molecule has 28 heavy (non-hydrogen) atoms. The number of piperazine rings is 1. The summed E-state index contributed by atoms with van der Waals surface area (Å²) in [5.74, 6) is 0.843. The van der Waals surface area contributed by atoms with Crippen LogP contribution < -0.4 is 4.74 Å². The maximum atomic E-state index is 13.1. The van der Waals surface area contributed by atoms with Gasteiger partial charge in [-0.05, 0) is 40.6 Å². The van der Waals surface area contributed by atoms with Crippen molar-refractivity contribution in [3.05, 3.63) is 72.3 Å². The van der Waals surface area contributed by atoms with Crippen molar-refractivity contribution in [1.29, 1.82) is 0 Å². The Balaban J connectivity index is 1.42. The number of sulfonamides is 1. The molecule has 0 bridgehead atoms. The Morgan fingerprint density at radius 3 is 2.21 bits per heavy atom. The highest BCUT2D eigenvalue weighted by Crippen LogP contribution is 2.23. The molecule has 0 atom stereocenters. The minimum atomic E-state index is -3.47. The number of ether oxygens (including phenoxy) is 1. The lowest BCUT2D eigenvalue weighted by Crippen LogP contribution is -2.48. The van der Waals surface area contributed by atoms with Crippen LogP contribution in [-0.4, -0.2) is 50.9 Å². The zero-order chi connectivity index (χ0) is 19.6. The molecular formula is C22H24N2O3S. The first-order valence-corrected chi connectivity index (χ1v) is 10.8. The van der Waals surface area contributed by atoms with E-state index in [9.17, 15) is 8.42 Å². The second-order valence-electron chi connectivity index (χ2n) is 7.04. The third kappa shape index (κ3) is 3.90. The molecule has 0 amide bonds. The number of methoxy groups -OCH3 is 1. The zero-order valence-corrected chi connectivity index (χ0v) is 16.7. The molecule has 0 aliphatic carbocycles. The van der Waals surface area contributed by atoms with E-state index in [1.165, 1.54) is 5.56 Å². The van der Waals surface area contributed by atoms with Gasteiger partial charge >= 0.3 is 0 Å². The van der Waals surface area contributed by atoms with Crippen LogP contribution >= 0.6 is 0 Å². The molecule has 0 radical (unpaired) electrons. The molecule has 1 heterocycles. The highest BCUT2D eigenvalue weighted by molar-refractivity contribution is 7.89. The Morgan fingerprint density at radius 2 is 1.54 bits per heavy atom. The van der Waals surface area contributed by atoms with Gasteiger partial charge in [0.05, 0.1) is 12.0 Å². The summed E-state index contributed by atoms with van der Waals surface area (Å²) in [4.78, 5) is 2.66. The van der Waals surface area contributed by atoms with Crippen molar-refractivity contribution in [3.8, 4) is 5.75 Å². The molecule has 5 nitrogen and oxygen atoms in total. The predicted molar refractivity (Wildman–Crippen MR) is 111 cm³/mol. The van der Waals surface area contributed by atoms with Crippen LogP contribution in [0.15, 0.2) is 71.6 Å². The summed E-state index contributed by atoms with van der Waals surface area (Å²) >= 11 is 0. The molecule has 1 fully saturated rings. The number of nitrogens with zero attached hydrogens (tertiary/aromatic N) is 2. The highest BCUT2D eigenvalue weighted by atomic mass is 32.2. The van der Waals surface area contributed by atoms with Crippen molar-refractivity contribution in [2.24, 2.45) is 0 Å². The van der Waals surface area contributed by atoms with Gasteiger partial charge in [-0.25, -0.2) is 8.42 Å². The van der Waals surface area contributed by atoms with Gasteiger partial charge in [-0.3, -0.25) is 4.90 Å². The molecule has 0 aromatic heterocycles. The summed E-state index contributed by atoms with van der Waals surface area (Å²) in [5.41, 5.74) is 1.20. The Kier molecular flexibility index (Phi) is 5.35. The van der Waals surface area contributed by atoms with Crippen molar-refractivity contribution < 1.29 is 13.2 Å². The Morgan fingerprint density at radius 1 is 0.857 bits per heavy atom. The normalized spacial score (nSPS) is 16.3. The van der Waals surface area contributed by atoms with Crippen molar-refractivity contribution in [3.63, 3.8) is 0 Å². The number of benzene rings is 3. The molecular weight excluding hydrogens is 372 g/mol. The summed E-state index contributed by atoms with van der Waals surface area (Å²) in [5, 5.41) is 1.99. The molecule has 0 unspecified atom stereocenters. The van der Waals surface area contributed by atoms with Crippen LogP contribution in [0.1, 0.15) is 5.56 Å². The third-order valence-electron chi connectivity index (χ3n) is 5.26. The molecule has 1 aliphatic heterocycles. The smallest absolute Gasteiger partial charge is 0.243 e. The van der Waals surface area contributed by atoms with Crippen molar-refractivity contribution in [2.75, 3.05) is 33.3 Å². The molecule has 1 aliphatic rings. The van der Waals surface area contributed by atoms with Crippen molar-refractivity contribution in [1.82, 2.24) is 9.21 Å². The number of rotatable bonds is 5. The fourth-order valence-corrected chi connectivity index (χ4v) is 5.05. The summed E-state index contributed by atoms with van der Waals surface area (Å²) < 4.78 is 32.9. The molecule has 1 saturated heterocycles. The summed E-state index contributed by atoms with van der Waals surface area (Å²) in [6.45, 7) is 3.27. The van der Waals surface area contributed by atoms with Crippen LogP contribution in [0.5, 0.6) is 5.75 Å². The molecule has 3 aromatic carbocycles. The van der Waals surface area contributed by atoms with Gasteiger partial charge in [0.2, 0.25) is 10.0 Å². The van der Waals surface area contributed by atoms with Crippen LogP contribution in [0.25, 0.3) is 10.8 Å². The Bertz CT molecular complexity index is 1060. The minimum absolute atomic E-state index is 0.370. The quantitative estimate of drug-likeness (QED) is 0.664. The van der Waals surface area contributed by atoms with Gasteiger partial charge in [0.15, 0.2) is 0 Å². The van der Waals surface area contributed by atoms with E-state index in [0.717, 1.165) is 36.2 Å². The summed E-state index contributed by atoms with van der Waals surface area (Å²) in [6.07, 6.45) is 0. The topological polar surface area (TPSA) is 49.9 Å². The van der Waals surface area contributed by atoms with E-state index in [2.05, 4.69) is 17.0 Å². The van der Waals surface area contributed by atoms with Crippen LogP contribution in [-0.2, 0) is 16.6 Å². The monoisotopic (exact) mass is 396 g/mol. The minimum Gasteiger partial charge on any atom is -0.497 e. The number of fused-ring (bicyclic) bond motifs is 1. The van der Waals surface area contributed by atoms with Crippen LogP contribution in [0.2, 0.25) is 0 Å². The lowest BCUT2D eigenvalue weighted by molar-refractivity contribution is 0.181. The zero-order valence-electron chi connectivity index (χ0n) is 15.9. The lowest BCUT2D eigenvalue weighted by Gasteiger charge is -2.34. The van der Waals surface area contributed by atoms with E-state index in [1.807, 2.05) is 42.5 Å². The summed E-state index contributed by atoms with van der Waals surface area (Å²) in [6, 6.07) is 21.2. The van der Waals surface area contributed by atoms with Crippen molar-refractivity contribution >= 4 is 20.8 Å². The fraction of sp³-hybridized carbons (Fsp3) is 0.273. The van der Waals surface area contributed by atoms with E-state index in [1.54, 1.807) is 23.5 Å². The second kappa shape index (κ2) is 7.91. The van der Waals surface area contributed by atoms with Gasteiger partial charge in [0.1, 0.15) is 5.75 Å². The van der Waals surface area contributed by atoms with Gasteiger partial charge in [-0.1, -0.05) is 42.5 Å². The first kappa shape index (κ1) is 18.9. The van der Waals surface area contributed by atoms with Crippen LogP contribution in [0.4, 0.5) is 0 Å². The first-order valence-electron chi connectivity index (χ1n) is 9.40. The molecule has 146 valence electrons. The number of hydrogen-bond acceptors (Lipinski definition) is 4.